The SMILES string of the molecule is CNCCCNC(=O)CSc1ccc(C(C)(C)C)cc1.Cl. The summed E-state index contributed by atoms with van der Waals surface area (Å²) in [6.45, 7) is 8.28. The van der Waals surface area contributed by atoms with E-state index in [1.165, 1.54) is 5.56 Å². The highest BCUT2D eigenvalue weighted by Crippen LogP contribution is 2.25. The van der Waals surface area contributed by atoms with Gasteiger partial charge in [0.1, 0.15) is 0 Å². The summed E-state index contributed by atoms with van der Waals surface area (Å²) >= 11 is 1.58. The minimum absolute atomic E-state index is 0. The van der Waals surface area contributed by atoms with Crippen LogP contribution >= 0.6 is 24.2 Å². The summed E-state index contributed by atoms with van der Waals surface area (Å²) in [6.07, 6.45) is 0.965. The molecule has 0 unspecified atom stereocenters. The van der Waals surface area contributed by atoms with E-state index in [1.807, 2.05) is 7.05 Å². The highest BCUT2D eigenvalue weighted by Gasteiger charge is 2.13. The molecule has 1 rings (SSSR count). The Morgan fingerprint density at radius 2 is 1.76 bits per heavy atom. The minimum atomic E-state index is 0. The minimum Gasteiger partial charge on any atom is -0.355 e. The molecule has 3 nitrogen and oxygen atoms in total. The molecule has 21 heavy (non-hydrogen) atoms. The third kappa shape index (κ3) is 8.34. The number of halogens is 1. The van der Waals surface area contributed by atoms with E-state index in [0.29, 0.717) is 5.75 Å². The van der Waals surface area contributed by atoms with E-state index >= 15 is 0 Å². The van der Waals surface area contributed by atoms with Crippen LogP contribution in [0.5, 0.6) is 0 Å². The summed E-state index contributed by atoms with van der Waals surface area (Å²) in [6, 6.07) is 8.49. The lowest BCUT2D eigenvalue weighted by atomic mass is 9.87. The normalized spacial score (nSPS) is 10.9. The molecular formula is C16H27ClN2OS. The van der Waals surface area contributed by atoms with Gasteiger partial charge in [-0.05, 0) is 43.1 Å². The Hall–Kier alpha value is -0.710. The van der Waals surface area contributed by atoms with Gasteiger partial charge >= 0.3 is 0 Å². The monoisotopic (exact) mass is 330 g/mol. The summed E-state index contributed by atoms with van der Waals surface area (Å²) in [7, 11) is 1.92. The van der Waals surface area contributed by atoms with Crippen LogP contribution in [0.1, 0.15) is 32.8 Å². The molecule has 0 fully saturated rings. The van der Waals surface area contributed by atoms with Crippen molar-refractivity contribution in [3.63, 3.8) is 0 Å². The zero-order chi connectivity index (χ0) is 15.0. The number of carbonyl (C=O) groups excluding carboxylic acids is 1. The molecule has 0 aliphatic heterocycles. The summed E-state index contributed by atoms with van der Waals surface area (Å²) in [5.74, 6) is 0.583. The van der Waals surface area contributed by atoms with E-state index < -0.39 is 0 Å². The van der Waals surface area contributed by atoms with Gasteiger partial charge in [0.2, 0.25) is 5.91 Å². The molecule has 0 saturated heterocycles. The summed E-state index contributed by atoms with van der Waals surface area (Å²) < 4.78 is 0. The van der Waals surface area contributed by atoms with Crippen LogP contribution in [-0.4, -0.2) is 31.8 Å². The molecule has 0 aliphatic rings. The molecule has 5 heteroatoms. The maximum absolute atomic E-state index is 11.7. The number of thioether (sulfide) groups is 1. The topological polar surface area (TPSA) is 41.1 Å². The molecule has 1 aromatic rings. The summed E-state index contributed by atoms with van der Waals surface area (Å²) in [5, 5.41) is 5.98. The lowest BCUT2D eigenvalue weighted by molar-refractivity contribution is -0.118. The Labute approximate surface area is 139 Å². The van der Waals surface area contributed by atoms with Gasteiger partial charge in [0.25, 0.3) is 0 Å². The predicted octanol–water partition coefficient (Wildman–Crippen LogP) is 3.22. The fraction of sp³-hybridized carbons (Fsp3) is 0.562. The Bertz CT molecular complexity index is 415. The number of rotatable bonds is 7. The first-order chi connectivity index (χ1) is 9.43. The van der Waals surface area contributed by atoms with E-state index in [9.17, 15) is 4.79 Å². The first-order valence-electron chi connectivity index (χ1n) is 7.08. The quantitative estimate of drug-likeness (QED) is 0.595. The zero-order valence-corrected chi connectivity index (χ0v) is 15.0. The van der Waals surface area contributed by atoms with Crippen LogP contribution in [0.4, 0.5) is 0 Å². The number of hydrogen-bond donors (Lipinski definition) is 2. The molecular weight excluding hydrogens is 304 g/mol. The lowest BCUT2D eigenvalue weighted by Gasteiger charge is -2.19. The van der Waals surface area contributed by atoms with Gasteiger partial charge in [-0.25, -0.2) is 0 Å². The van der Waals surface area contributed by atoms with Crippen molar-refractivity contribution in [1.82, 2.24) is 10.6 Å². The smallest absolute Gasteiger partial charge is 0.230 e. The number of hydrogen-bond acceptors (Lipinski definition) is 3. The van der Waals surface area contributed by atoms with Crippen LogP contribution in [-0.2, 0) is 10.2 Å². The van der Waals surface area contributed by atoms with E-state index in [2.05, 4.69) is 55.7 Å². The van der Waals surface area contributed by atoms with Crippen LogP contribution in [0.3, 0.4) is 0 Å². The van der Waals surface area contributed by atoms with Crippen molar-refractivity contribution < 1.29 is 4.79 Å². The maximum atomic E-state index is 11.7. The van der Waals surface area contributed by atoms with Crippen molar-refractivity contribution in [1.29, 1.82) is 0 Å². The largest absolute Gasteiger partial charge is 0.355 e. The Morgan fingerprint density at radius 1 is 1.14 bits per heavy atom. The zero-order valence-electron chi connectivity index (χ0n) is 13.4. The van der Waals surface area contributed by atoms with Crippen LogP contribution in [0.2, 0.25) is 0 Å². The Balaban J connectivity index is 0.00000400. The molecule has 0 atom stereocenters. The molecule has 0 aliphatic carbocycles. The average Bonchev–Trinajstić information content (AvgIpc) is 2.41. The average molecular weight is 331 g/mol. The van der Waals surface area contributed by atoms with Gasteiger partial charge < -0.3 is 10.6 Å². The highest BCUT2D eigenvalue weighted by molar-refractivity contribution is 8.00. The predicted molar refractivity (Wildman–Crippen MR) is 94.7 cm³/mol. The van der Waals surface area contributed by atoms with Crippen LogP contribution in [0.25, 0.3) is 0 Å². The van der Waals surface area contributed by atoms with E-state index in [4.69, 9.17) is 0 Å². The van der Waals surface area contributed by atoms with Crippen LogP contribution in [0.15, 0.2) is 29.2 Å². The fourth-order valence-corrected chi connectivity index (χ4v) is 2.47. The molecule has 1 amide bonds. The van der Waals surface area contributed by atoms with Gasteiger partial charge in [-0.15, -0.1) is 24.2 Å². The molecule has 0 heterocycles. The summed E-state index contributed by atoms with van der Waals surface area (Å²) in [5.41, 5.74) is 1.49. The molecule has 0 radical (unpaired) electrons. The van der Waals surface area contributed by atoms with Crippen molar-refractivity contribution in [2.45, 2.75) is 37.5 Å². The van der Waals surface area contributed by atoms with Gasteiger partial charge in [-0.3, -0.25) is 4.79 Å². The molecule has 0 spiro atoms. The van der Waals surface area contributed by atoms with Crippen LogP contribution < -0.4 is 10.6 Å². The van der Waals surface area contributed by atoms with Gasteiger partial charge in [0, 0.05) is 11.4 Å². The van der Waals surface area contributed by atoms with Crippen molar-refractivity contribution in [3.05, 3.63) is 29.8 Å². The molecule has 1 aromatic carbocycles. The standard InChI is InChI=1S/C16H26N2OS.ClH/c1-16(2,3)13-6-8-14(9-7-13)20-12-15(19)18-11-5-10-17-4;/h6-9,17H,5,10-12H2,1-4H3,(H,18,19);1H. The van der Waals surface area contributed by atoms with Gasteiger partial charge in [-0.1, -0.05) is 32.9 Å². The third-order valence-electron chi connectivity index (χ3n) is 3.02. The maximum Gasteiger partial charge on any atom is 0.230 e. The highest BCUT2D eigenvalue weighted by atomic mass is 35.5. The Kier molecular flexibility index (Phi) is 9.75. The first kappa shape index (κ1) is 20.3. The van der Waals surface area contributed by atoms with Crippen LogP contribution in [0, 0.1) is 0 Å². The number of carbonyl (C=O) groups is 1. The summed E-state index contributed by atoms with van der Waals surface area (Å²) in [4.78, 5) is 12.8. The van der Waals surface area contributed by atoms with Crippen molar-refractivity contribution in [2.24, 2.45) is 0 Å². The number of nitrogens with one attached hydrogen (secondary N) is 2. The van der Waals surface area contributed by atoms with E-state index in [0.717, 1.165) is 24.4 Å². The van der Waals surface area contributed by atoms with Gasteiger partial charge in [0.05, 0.1) is 5.75 Å². The Morgan fingerprint density at radius 3 is 2.29 bits per heavy atom. The van der Waals surface area contributed by atoms with Crippen molar-refractivity contribution in [2.75, 3.05) is 25.9 Å². The van der Waals surface area contributed by atoms with E-state index in [-0.39, 0.29) is 23.7 Å². The molecule has 0 bridgehead atoms. The van der Waals surface area contributed by atoms with Gasteiger partial charge in [0.15, 0.2) is 0 Å². The number of amides is 1. The molecule has 0 aromatic heterocycles. The molecule has 2 N–H and O–H groups in total. The second-order valence-corrected chi connectivity index (χ2v) is 6.92. The van der Waals surface area contributed by atoms with E-state index in [1.54, 1.807) is 11.8 Å². The van der Waals surface area contributed by atoms with Crippen molar-refractivity contribution in [3.8, 4) is 0 Å². The fourth-order valence-electron chi connectivity index (χ4n) is 1.74. The second-order valence-electron chi connectivity index (χ2n) is 5.87. The molecule has 0 saturated carbocycles. The second kappa shape index (κ2) is 10.1. The van der Waals surface area contributed by atoms with Crippen molar-refractivity contribution >= 4 is 30.1 Å². The third-order valence-corrected chi connectivity index (χ3v) is 4.03. The first-order valence-corrected chi connectivity index (χ1v) is 8.06. The molecule has 120 valence electrons. The number of benzene rings is 1. The lowest BCUT2D eigenvalue weighted by Crippen LogP contribution is -2.27. The van der Waals surface area contributed by atoms with Gasteiger partial charge in [-0.2, -0.15) is 0 Å².